The number of carbonyl (C=O) groups is 1. The molecule has 0 unspecified atom stereocenters. The van der Waals surface area contributed by atoms with Crippen molar-refractivity contribution in [2.45, 2.75) is 0 Å². The summed E-state index contributed by atoms with van der Waals surface area (Å²) >= 11 is 5.71. The van der Waals surface area contributed by atoms with Crippen molar-refractivity contribution in [1.29, 1.82) is 0 Å². The number of furan rings is 1. The molecule has 0 atom stereocenters. The average molecular weight is 207 g/mol. The van der Waals surface area contributed by atoms with Gasteiger partial charge in [-0.05, 0) is 30.3 Å². The third-order valence-corrected chi connectivity index (χ3v) is 2.14. The van der Waals surface area contributed by atoms with E-state index >= 15 is 0 Å². The van der Waals surface area contributed by atoms with Gasteiger partial charge in [-0.25, -0.2) is 0 Å². The third kappa shape index (κ3) is 1.70. The summed E-state index contributed by atoms with van der Waals surface area (Å²) in [6, 6.07) is 8.40. The highest BCUT2D eigenvalue weighted by Gasteiger charge is 2.09. The summed E-state index contributed by atoms with van der Waals surface area (Å²) in [6.07, 6.45) is 2.90. The van der Waals surface area contributed by atoms with Gasteiger partial charge in [0.2, 0.25) is 0 Å². The quantitative estimate of drug-likeness (QED) is 0.707. The molecule has 0 saturated heterocycles. The van der Waals surface area contributed by atoms with Gasteiger partial charge >= 0.3 is 0 Å². The minimum atomic E-state index is -0.0598. The summed E-state index contributed by atoms with van der Waals surface area (Å²) < 4.78 is 4.83. The van der Waals surface area contributed by atoms with Gasteiger partial charge in [0.25, 0.3) is 0 Å². The van der Waals surface area contributed by atoms with Gasteiger partial charge in [0.15, 0.2) is 5.78 Å². The van der Waals surface area contributed by atoms with E-state index < -0.39 is 0 Å². The largest absolute Gasteiger partial charge is 0.472 e. The Morgan fingerprint density at radius 3 is 2.36 bits per heavy atom. The highest BCUT2D eigenvalue weighted by Crippen LogP contribution is 2.13. The van der Waals surface area contributed by atoms with Gasteiger partial charge in [-0.15, -0.1) is 0 Å². The van der Waals surface area contributed by atoms with E-state index in [2.05, 4.69) is 0 Å². The van der Waals surface area contributed by atoms with E-state index in [0.717, 1.165) is 0 Å². The Bertz CT molecular complexity index is 429. The first-order valence-corrected chi connectivity index (χ1v) is 4.47. The zero-order valence-electron chi connectivity index (χ0n) is 7.24. The molecule has 0 aliphatic carbocycles. The summed E-state index contributed by atoms with van der Waals surface area (Å²) in [5.74, 6) is -0.0598. The van der Waals surface area contributed by atoms with Crippen LogP contribution in [0.1, 0.15) is 15.9 Å². The summed E-state index contributed by atoms with van der Waals surface area (Å²) in [6.45, 7) is 0. The van der Waals surface area contributed by atoms with Crippen LogP contribution < -0.4 is 0 Å². The van der Waals surface area contributed by atoms with Crippen LogP contribution in [0.25, 0.3) is 0 Å². The van der Waals surface area contributed by atoms with Crippen molar-refractivity contribution in [2.75, 3.05) is 0 Å². The van der Waals surface area contributed by atoms with Crippen LogP contribution in [0.5, 0.6) is 0 Å². The fourth-order valence-corrected chi connectivity index (χ4v) is 1.29. The van der Waals surface area contributed by atoms with Gasteiger partial charge in [0.1, 0.15) is 6.26 Å². The van der Waals surface area contributed by atoms with E-state index in [9.17, 15) is 4.79 Å². The Balaban J connectivity index is 2.33. The van der Waals surface area contributed by atoms with Crippen molar-refractivity contribution in [1.82, 2.24) is 0 Å². The lowest BCUT2D eigenvalue weighted by molar-refractivity contribution is 0.103. The predicted molar refractivity (Wildman–Crippen MR) is 53.6 cm³/mol. The Labute approximate surface area is 86.1 Å². The first-order chi connectivity index (χ1) is 6.77. The maximum absolute atomic E-state index is 11.7. The molecule has 0 amide bonds. The van der Waals surface area contributed by atoms with Crippen LogP contribution in [0.15, 0.2) is 47.3 Å². The van der Waals surface area contributed by atoms with Crippen molar-refractivity contribution >= 4 is 17.4 Å². The van der Waals surface area contributed by atoms with E-state index in [1.54, 1.807) is 30.3 Å². The lowest BCUT2D eigenvalue weighted by atomic mass is 10.1. The van der Waals surface area contributed by atoms with Gasteiger partial charge in [-0.2, -0.15) is 0 Å². The summed E-state index contributed by atoms with van der Waals surface area (Å²) in [7, 11) is 0. The number of rotatable bonds is 2. The molecule has 70 valence electrons. The molecule has 2 nitrogen and oxygen atoms in total. The van der Waals surface area contributed by atoms with Crippen molar-refractivity contribution in [3.05, 3.63) is 59.0 Å². The molecule has 14 heavy (non-hydrogen) atoms. The molecule has 1 aromatic heterocycles. The Hall–Kier alpha value is -1.54. The highest BCUT2D eigenvalue weighted by atomic mass is 35.5. The second kappa shape index (κ2) is 3.68. The zero-order chi connectivity index (χ0) is 9.97. The molecule has 0 radical (unpaired) electrons. The van der Waals surface area contributed by atoms with Crippen molar-refractivity contribution in [3.63, 3.8) is 0 Å². The van der Waals surface area contributed by atoms with Gasteiger partial charge in [-0.3, -0.25) is 4.79 Å². The lowest BCUT2D eigenvalue weighted by Gasteiger charge is -1.96. The average Bonchev–Trinajstić information content (AvgIpc) is 2.71. The van der Waals surface area contributed by atoms with Crippen LogP contribution in [0, 0.1) is 0 Å². The summed E-state index contributed by atoms with van der Waals surface area (Å²) in [5, 5.41) is 0.619. The number of hydrogen-bond acceptors (Lipinski definition) is 2. The topological polar surface area (TPSA) is 30.2 Å². The van der Waals surface area contributed by atoms with E-state index in [4.69, 9.17) is 16.0 Å². The molecule has 0 saturated carbocycles. The SMILES string of the molecule is O=C(c1ccc(Cl)cc1)c1ccoc1. The molecule has 0 aliphatic rings. The number of benzene rings is 1. The summed E-state index contributed by atoms with van der Waals surface area (Å²) in [4.78, 5) is 11.7. The van der Waals surface area contributed by atoms with Crippen LogP contribution in [-0.4, -0.2) is 5.78 Å². The fraction of sp³-hybridized carbons (Fsp3) is 0. The molecular formula is C11H7ClO2. The smallest absolute Gasteiger partial charge is 0.196 e. The van der Waals surface area contributed by atoms with Crippen molar-refractivity contribution in [3.8, 4) is 0 Å². The Kier molecular flexibility index (Phi) is 2.37. The molecule has 3 heteroatoms. The minimum Gasteiger partial charge on any atom is -0.472 e. The Morgan fingerprint density at radius 1 is 1.07 bits per heavy atom. The standard InChI is InChI=1S/C11H7ClO2/c12-10-3-1-8(2-4-10)11(13)9-5-6-14-7-9/h1-7H. The lowest BCUT2D eigenvalue weighted by Crippen LogP contribution is -1.98. The van der Waals surface area contributed by atoms with E-state index in [0.29, 0.717) is 16.1 Å². The van der Waals surface area contributed by atoms with E-state index in [1.165, 1.54) is 12.5 Å². The maximum atomic E-state index is 11.7. The van der Waals surface area contributed by atoms with E-state index in [-0.39, 0.29) is 5.78 Å². The zero-order valence-corrected chi connectivity index (χ0v) is 7.99. The number of ketones is 1. The van der Waals surface area contributed by atoms with Gasteiger partial charge in [0.05, 0.1) is 11.8 Å². The molecule has 0 aliphatic heterocycles. The first-order valence-electron chi connectivity index (χ1n) is 4.10. The summed E-state index contributed by atoms with van der Waals surface area (Å²) in [5.41, 5.74) is 1.16. The van der Waals surface area contributed by atoms with Crippen molar-refractivity contribution in [2.24, 2.45) is 0 Å². The van der Waals surface area contributed by atoms with Crippen LogP contribution in [0.2, 0.25) is 5.02 Å². The van der Waals surface area contributed by atoms with E-state index in [1.807, 2.05) is 0 Å². The van der Waals surface area contributed by atoms with Crippen LogP contribution in [0.4, 0.5) is 0 Å². The van der Waals surface area contributed by atoms with Crippen LogP contribution >= 0.6 is 11.6 Å². The van der Waals surface area contributed by atoms with Crippen molar-refractivity contribution < 1.29 is 9.21 Å². The van der Waals surface area contributed by atoms with Gasteiger partial charge in [0, 0.05) is 10.6 Å². The molecule has 1 heterocycles. The number of hydrogen-bond donors (Lipinski definition) is 0. The second-order valence-corrected chi connectivity index (χ2v) is 3.28. The van der Waals surface area contributed by atoms with Crippen LogP contribution in [0.3, 0.4) is 0 Å². The molecule has 0 N–H and O–H groups in total. The maximum Gasteiger partial charge on any atom is 0.196 e. The monoisotopic (exact) mass is 206 g/mol. The fourth-order valence-electron chi connectivity index (χ4n) is 1.16. The molecule has 0 spiro atoms. The minimum absolute atomic E-state index is 0.0598. The Morgan fingerprint density at radius 2 is 1.79 bits per heavy atom. The number of carbonyl (C=O) groups excluding carboxylic acids is 1. The molecule has 0 bridgehead atoms. The molecule has 2 rings (SSSR count). The van der Waals surface area contributed by atoms with Gasteiger partial charge in [-0.1, -0.05) is 11.6 Å². The first kappa shape index (κ1) is 9.03. The highest BCUT2D eigenvalue weighted by molar-refractivity contribution is 6.30. The van der Waals surface area contributed by atoms with Crippen LogP contribution in [-0.2, 0) is 0 Å². The molecular weight excluding hydrogens is 200 g/mol. The molecule has 0 fully saturated rings. The molecule has 1 aromatic carbocycles. The second-order valence-electron chi connectivity index (χ2n) is 2.85. The third-order valence-electron chi connectivity index (χ3n) is 1.89. The number of halogens is 1. The molecule has 2 aromatic rings. The predicted octanol–water partition coefficient (Wildman–Crippen LogP) is 3.16. The van der Waals surface area contributed by atoms with Gasteiger partial charge < -0.3 is 4.42 Å². The normalized spacial score (nSPS) is 10.1.